The van der Waals surface area contributed by atoms with Crippen LogP contribution in [0.5, 0.6) is 0 Å². The predicted octanol–water partition coefficient (Wildman–Crippen LogP) is 3.45. The molecular weight excluding hydrogens is 340 g/mol. The number of unbranched alkanes of at least 4 members (excludes halogenated alkanes) is 1. The number of carbonyl (C=O) groups is 1. The minimum Gasteiger partial charge on any atom is -0.478 e. The van der Waals surface area contributed by atoms with Gasteiger partial charge >= 0.3 is 5.97 Å². The minimum absolute atomic E-state index is 0.0156. The monoisotopic (exact) mass is 362 g/mol. The topological polar surface area (TPSA) is 96.4 Å². The fourth-order valence-electron chi connectivity index (χ4n) is 2.49. The molecule has 0 radical (unpaired) electrons. The van der Waals surface area contributed by atoms with Crippen LogP contribution in [-0.4, -0.2) is 36.8 Å². The lowest BCUT2D eigenvalue weighted by atomic mass is 10.0. The molecule has 25 heavy (non-hydrogen) atoms. The molecule has 2 N–H and O–H groups in total. The Labute approximate surface area is 147 Å². The van der Waals surface area contributed by atoms with Crippen LogP contribution in [0.4, 0.5) is 5.69 Å². The molecule has 6 nitrogen and oxygen atoms in total. The van der Waals surface area contributed by atoms with Crippen LogP contribution >= 0.6 is 0 Å². The van der Waals surface area contributed by atoms with Gasteiger partial charge in [0.25, 0.3) is 0 Å². The first kappa shape index (κ1) is 18.9. The molecule has 1 heterocycles. The molecule has 0 saturated carbocycles. The van der Waals surface area contributed by atoms with E-state index in [-0.39, 0.29) is 16.2 Å². The minimum atomic E-state index is -3.62. The Morgan fingerprint density at radius 3 is 2.60 bits per heavy atom. The molecule has 1 aromatic carbocycles. The van der Waals surface area contributed by atoms with Crippen LogP contribution in [0.2, 0.25) is 0 Å². The standard InChI is InChI=1S/C18H22N2O4S/c1-3-5-9-20-15-10-14(18(21)22)11-16(25(23,24)4-2)17(15)13-7-6-8-19-12-13/h6-8,10-12,20H,3-5,9H2,1-2H3,(H,21,22). The van der Waals surface area contributed by atoms with E-state index in [1.165, 1.54) is 12.1 Å². The van der Waals surface area contributed by atoms with Crippen molar-refractivity contribution in [2.45, 2.75) is 31.6 Å². The largest absolute Gasteiger partial charge is 0.478 e. The van der Waals surface area contributed by atoms with Gasteiger partial charge < -0.3 is 10.4 Å². The Morgan fingerprint density at radius 1 is 1.28 bits per heavy atom. The van der Waals surface area contributed by atoms with Gasteiger partial charge in [0, 0.05) is 35.8 Å². The fourth-order valence-corrected chi connectivity index (χ4v) is 3.64. The second-order valence-electron chi connectivity index (χ2n) is 5.63. The molecule has 0 aliphatic rings. The van der Waals surface area contributed by atoms with Gasteiger partial charge in [0.1, 0.15) is 0 Å². The molecule has 7 heteroatoms. The van der Waals surface area contributed by atoms with Crippen molar-refractivity contribution in [3.63, 3.8) is 0 Å². The molecule has 0 bridgehead atoms. The lowest BCUT2D eigenvalue weighted by Gasteiger charge is -2.17. The highest BCUT2D eigenvalue weighted by Crippen LogP contribution is 2.36. The second kappa shape index (κ2) is 8.11. The molecule has 0 aliphatic heterocycles. The highest BCUT2D eigenvalue weighted by atomic mass is 32.2. The summed E-state index contributed by atoms with van der Waals surface area (Å²) in [6.07, 6.45) is 5.04. The van der Waals surface area contributed by atoms with E-state index in [2.05, 4.69) is 10.3 Å². The maximum atomic E-state index is 12.6. The number of rotatable bonds is 8. The number of nitrogens with zero attached hydrogens (tertiary/aromatic N) is 1. The van der Waals surface area contributed by atoms with Gasteiger partial charge in [-0.25, -0.2) is 13.2 Å². The predicted molar refractivity (Wildman–Crippen MR) is 97.8 cm³/mol. The van der Waals surface area contributed by atoms with Crippen molar-refractivity contribution in [2.24, 2.45) is 0 Å². The zero-order valence-electron chi connectivity index (χ0n) is 14.3. The average molecular weight is 362 g/mol. The van der Waals surface area contributed by atoms with Crippen LogP contribution in [0.3, 0.4) is 0 Å². The van der Waals surface area contributed by atoms with Crippen molar-refractivity contribution in [2.75, 3.05) is 17.6 Å². The van der Waals surface area contributed by atoms with Crippen molar-refractivity contribution >= 4 is 21.5 Å². The zero-order chi connectivity index (χ0) is 18.4. The maximum Gasteiger partial charge on any atom is 0.335 e. The average Bonchev–Trinajstić information content (AvgIpc) is 2.62. The number of carboxylic acids is 1. The van der Waals surface area contributed by atoms with Gasteiger partial charge in [-0.05, 0) is 24.6 Å². The van der Waals surface area contributed by atoms with Gasteiger partial charge in [0.2, 0.25) is 0 Å². The third-order valence-corrected chi connectivity index (χ3v) is 5.61. The Balaban J connectivity index is 2.76. The number of pyridine rings is 1. The van der Waals surface area contributed by atoms with Crippen LogP contribution in [0, 0.1) is 0 Å². The summed E-state index contributed by atoms with van der Waals surface area (Å²) in [5.41, 5.74) is 1.54. The van der Waals surface area contributed by atoms with E-state index in [9.17, 15) is 18.3 Å². The van der Waals surface area contributed by atoms with Crippen LogP contribution in [0.1, 0.15) is 37.0 Å². The molecule has 0 unspecified atom stereocenters. The highest BCUT2D eigenvalue weighted by Gasteiger charge is 2.23. The quantitative estimate of drug-likeness (QED) is 0.698. The summed E-state index contributed by atoms with van der Waals surface area (Å²) in [5.74, 6) is -1.28. The Kier molecular flexibility index (Phi) is 6.14. The summed E-state index contributed by atoms with van der Waals surface area (Å²) in [6, 6.07) is 6.20. The molecule has 0 amide bonds. The van der Waals surface area contributed by atoms with E-state index in [0.717, 1.165) is 12.8 Å². The van der Waals surface area contributed by atoms with Crippen LogP contribution in [0.25, 0.3) is 11.1 Å². The number of aromatic carboxylic acids is 1. The molecule has 0 spiro atoms. The molecule has 2 rings (SSSR count). The van der Waals surface area contributed by atoms with E-state index in [1.807, 2.05) is 6.92 Å². The van der Waals surface area contributed by atoms with Crippen LogP contribution < -0.4 is 5.32 Å². The van der Waals surface area contributed by atoms with E-state index in [4.69, 9.17) is 0 Å². The fraction of sp³-hybridized carbons (Fsp3) is 0.333. The summed E-state index contributed by atoms with van der Waals surface area (Å²) in [7, 11) is -3.62. The number of anilines is 1. The summed E-state index contributed by atoms with van der Waals surface area (Å²) < 4.78 is 25.2. The van der Waals surface area contributed by atoms with Crippen molar-refractivity contribution in [1.82, 2.24) is 4.98 Å². The summed E-state index contributed by atoms with van der Waals surface area (Å²) in [4.78, 5) is 15.5. The van der Waals surface area contributed by atoms with Crippen LogP contribution in [-0.2, 0) is 9.84 Å². The van der Waals surface area contributed by atoms with Crippen molar-refractivity contribution in [3.05, 3.63) is 42.2 Å². The molecule has 0 fully saturated rings. The van der Waals surface area contributed by atoms with Gasteiger partial charge in [-0.1, -0.05) is 26.3 Å². The first-order valence-electron chi connectivity index (χ1n) is 8.19. The van der Waals surface area contributed by atoms with Gasteiger partial charge in [0.05, 0.1) is 16.2 Å². The Morgan fingerprint density at radius 2 is 2.04 bits per heavy atom. The Bertz CT molecular complexity index is 849. The normalized spacial score (nSPS) is 11.3. The number of benzene rings is 1. The number of hydrogen-bond acceptors (Lipinski definition) is 5. The SMILES string of the molecule is CCCCNc1cc(C(=O)O)cc(S(=O)(=O)CC)c1-c1cccnc1. The summed E-state index contributed by atoms with van der Waals surface area (Å²) in [6.45, 7) is 4.21. The highest BCUT2D eigenvalue weighted by molar-refractivity contribution is 7.91. The molecule has 0 atom stereocenters. The number of sulfone groups is 1. The maximum absolute atomic E-state index is 12.6. The zero-order valence-corrected chi connectivity index (χ0v) is 15.1. The molecule has 134 valence electrons. The van der Waals surface area contributed by atoms with Gasteiger partial charge in [-0.2, -0.15) is 0 Å². The Hall–Kier alpha value is -2.41. The first-order chi connectivity index (χ1) is 11.9. The van der Waals surface area contributed by atoms with E-state index >= 15 is 0 Å². The van der Waals surface area contributed by atoms with Crippen molar-refractivity contribution in [3.8, 4) is 11.1 Å². The van der Waals surface area contributed by atoms with Gasteiger partial charge in [-0.3, -0.25) is 4.98 Å². The van der Waals surface area contributed by atoms with Crippen LogP contribution in [0.15, 0.2) is 41.6 Å². The molecule has 1 aromatic heterocycles. The molecule has 2 aromatic rings. The van der Waals surface area contributed by atoms with Crippen molar-refractivity contribution < 1.29 is 18.3 Å². The number of hydrogen-bond donors (Lipinski definition) is 2. The lowest BCUT2D eigenvalue weighted by molar-refractivity contribution is 0.0696. The molecule has 0 aliphatic carbocycles. The van der Waals surface area contributed by atoms with E-state index in [0.29, 0.717) is 23.4 Å². The second-order valence-corrected chi connectivity index (χ2v) is 7.87. The van der Waals surface area contributed by atoms with E-state index < -0.39 is 15.8 Å². The molecular formula is C18H22N2O4S. The summed E-state index contributed by atoms with van der Waals surface area (Å²) >= 11 is 0. The van der Waals surface area contributed by atoms with E-state index in [1.54, 1.807) is 31.5 Å². The smallest absolute Gasteiger partial charge is 0.335 e. The first-order valence-corrected chi connectivity index (χ1v) is 9.84. The third-order valence-electron chi connectivity index (χ3n) is 3.86. The molecule has 0 saturated heterocycles. The van der Waals surface area contributed by atoms with Gasteiger partial charge in [-0.15, -0.1) is 0 Å². The number of carboxylic acid groups (broad SMARTS) is 1. The van der Waals surface area contributed by atoms with Crippen molar-refractivity contribution in [1.29, 1.82) is 0 Å². The number of nitrogens with one attached hydrogen (secondary N) is 1. The lowest BCUT2D eigenvalue weighted by Crippen LogP contribution is -2.12. The number of aromatic nitrogens is 1. The summed E-state index contributed by atoms with van der Waals surface area (Å²) in [5, 5.41) is 12.6. The third kappa shape index (κ3) is 4.36. The van der Waals surface area contributed by atoms with Gasteiger partial charge in [0.15, 0.2) is 9.84 Å².